The molecule has 0 fully saturated rings. The topological polar surface area (TPSA) is 87.7 Å². The summed E-state index contributed by atoms with van der Waals surface area (Å²) in [6.07, 6.45) is 1.07. The van der Waals surface area contributed by atoms with Gasteiger partial charge in [0.15, 0.2) is 0 Å². The summed E-state index contributed by atoms with van der Waals surface area (Å²) < 4.78 is 5.03. The van der Waals surface area contributed by atoms with E-state index in [0.717, 1.165) is 0 Å². The summed E-state index contributed by atoms with van der Waals surface area (Å²) in [4.78, 5) is 22.6. The molecule has 0 saturated carbocycles. The average Bonchev–Trinajstić information content (AvgIpc) is 2.38. The first-order valence-electron chi connectivity index (χ1n) is 6.01. The number of anilines is 1. The van der Waals surface area contributed by atoms with Gasteiger partial charge in [0.1, 0.15) is 11.8 Å². The molecule has 0 saturated heterocycles. The molecule has 0 bridgehead atoms. The van der Waals surface area contributed by atoms with E-state index in [9.17, 15) is 9.59 Å². The highest BCUT2D eigenvalue weighted by molar-refractivity contribution is 5.92. The van der Waals surface area contributed by atoms with E-state index in [1.165, 1.54) is 7.11 Å². The van der Waals surface area contributed by atoms with Crippen LogP contribution in [0.3, 0.4) is 0 Å². The van der Waals surface area contributed by atoms with Crippen molar-refractivity contribution in [3.8, 4) is 5.75 Å². The summed E-state index contributed by atoms with van der Waals surface area (Å²) in [5, 5.41) is 13.9. The van der Waals surface area contributed by atoms with E-state index in [0.29, 0.717) is 24.3 Å². The zero-order chi connectivity index (χ0) is 14.3. The molecule has 104 valence electrons. The first kappa shape index (κ1) is 14.8. The largest absolute Gasteiger partial charge is 0.497 e. The molecule has 3 N–H and O–H groups in total. The maximum Gasteiger partial charge on any atom is 0.326 e. The second-order valence-electron chi connectivity index (χ2n) is 4.01. The molecule has 0 radical (unpaired) electrons. The van der Waals surface area contributed by atoms with Crippen LogP contribution in [0, 0.1) is 0 Å². The monoisotopic (exact) mass is 266 g/mol. The van der Waals surface area contributed by atoms with Crippen molar-refractivity contribution in [1.29, 1.82) is 0 Å². The van der Waals surface area contributed by atoms with Gasteiger partial charge in [0.05, 0.1) is 7.11 Å². The van der Waals surface area contributed by atoms with Crippen molar-refractivity contribution in [3.05, 3.63) is 24.3 Å². The van der Waals surface area contributed by atoms with Gasteiger partial charge >= 0.3 is 12.0 Å². The number of rotatable bonds is 6. The minimum atomic E-state index is -1.04. The summed E-state index contributed by atoms with van der Waals surface area (Å²) in [7, 11) is 1.53. The second kappa shape index (κ2) is 7.25. The molecule has 6 nitrogen and oxygen atoms in total. The van der Waals surface area contributed by atoms with Crippen LogP contribution in [0.4, 0.5) is 10.5 Å². The van der Waals surface area contributed by atoms with E-state index >= 15 is 0 Å². The lowest BCUT2D eigenvalue weighted by molar-refractivity contribution is -0.139. The van der Waals surface area contributed by atoms with Crippen LogP contribution in [0.15, 0.2) is 24.3 Å². The quantitative estimate of drug-likeness (QED) is 0.735. The molecule has 0 heterocycles. The normalized spacial score (nSPS) is 11.5. The lowest BCUT2D eigenvalue weighted by Crippen LogP contribution is -2.42. The number of methoxy groups -OCH3 is 1. The van der Waals surface area contributed by atoms with Crippen molar-refractivity contribution in [2.24, 2.45) is 0 Å². The summed E-state index contributed by atoms with van der Waals surface area (Å²) >= 11 is 0. The summed E-state index contributed by atoms with van der Waals surface area (Å²) in [5.41, 5.74) is 0.539. The van der Waals surface area contributed by atoms with Crippen LogP contribution >= 0.6 is 0 Å². The maximum absolute atomic E-state index is 11.7. The zero-order valence-electron chi connectivity index (χ0n) is 11.0. The third kappa shape index (κ3) is 4.87. The number of urea groups is 1. The molecular weight excluding hydrogens is 248 g/mol. The molecule has 1 atom stereocenters. The predicted octanol–water partition coefficient (Wildman–Crippen LogP) is 2.07. The van der Waals surface area contributed by atoms with Crippen LogP contribution in [0.25, 0.3) is 0 Å². The van der Waals surface area contributed by atoms with Gasteiger partial charge in [-0.15, -0.1) is 0 Å². The van der Waals surface area contributed by atoms with Gasteiger partial charge in [0.2, 0.25) is 0 Å². The van der Waals surface area contributed by atoms with Gasteiger partial charge in [-0.1, -0.05) is 19.4 Å². The number of carboxylic acid groups (broad SMARTS) is 1. The highest BCUT2D eigenvalue weighted by Crippen LogP contribution is 2.16. The molecule has 0 spiro atoms. The Bertz CT molecular complexity index is 448. The fraction of sp³-hybridized carbons (Fsp3) is 0.385. The van der Waals surface area contributed by atoms with Crippen molar-refractivity contribution in [2.75, 3.05) is 12.4 Å². The number of carbonyl (C=O) groups is 2. The Morgan fingerprint density at radius 1 is 1.42 bits per heavy atom. The van der Waals surface area contributed by atoms with Crippen molar-refractivity contribution < 1.29 is 19.4 Å². The van der Waals surface area contributed by atoms with Crippen LogP contribution in [0.5, 0.6) is 5.75 Å². The molecule has 6 heteroatoms. The van der Waals surface area contributed by atoms with Crippen molar-refractivity contribution in [3.63, 3.8) is 0 Å². The Labute approximate surface area is 111 Å². The smallest absolute Gasteiger partial charge is 0.326 e. The molecule has 0 aliphatic heterocycles. The van der Waals surface area contributed by atoms with Crippen molar-refractivity contribution >= 4 is 17.7 Å². The van der Waals surface area contributed by atoms with Crippen LogP contribution in [-0.2, 0) is 4.79 Å². The number of benzene rings is 1. The predicted molar refractivity (Wildman–Crippen MR) is 71.5 cm³/mol. The standard InChI is InChI=1S/C13H18N2O4/c1-3-5-11(12(16)17)15-13(18)14-9-6-4-7-10(8-9)19-2/h4,6-8,11H,3,5H2,1-2H3,(H,16,17)(H2,14,15,18). The van der Waals surface area contributed by atoms with E-state index in [1.54, 1.807) is 24.3 Å². The van der Waals surface area contributed by atoms with E-state index in [-0.39, 0.29) is 0 Å². The van der Waals surface area contributed by atoms with Gasteiger partial charge in [-0.2, -0.15) is 0 Å². The van der Waals surface area contributed by atoms with E-state index in [4.69, 9.17) is 9.84 Å². The molecule has 0 aliphatic carbocycles. The molecule has 1 aromatic carbocycles. The third-order valence-corrected chi connectivity index (χ3v) is 2.51. The Balaban J connectivity index is 2.60. The van der Waals surface area contributed by atoms with Crippen molar-refractivity contribution in [2.45, 2.75) is 25.8 Å². The minimum Gasteiger partial charge on any atom is -0.497 e. The number of carbonyl (C=O) groups excluding carboxylic acids is 1. The first-order valence-corrected chi connectivity index (χ1v) is 6.01. The van der Waals surface area contributed by atoms with Gasteiger partial charge in [-0.25, -0.2) is 9.59 Å². The second-order valence-corrected chi connectivity index (χ2v) is 4.01. The Morgan fingerprint density at radius 2 is 2.16 bits per heavy atom. The Hall–Kier alpha value is -2.24. The third-order valence-electron chi connectivity index (χ3n) is 2.51. The summed E-state index contributed by atoms with van der Waals surface area (Å²) in [5.74, 6) is -0.427. The summed E-state index contributed by atoms with van der Waals surface area (Å²) in [6.45, 7) is 1.86. The molecule has 1 unspecified atom stereocenters. The zero-order valence-corrected chi connectivity index (χ0v) is 11.0. The average molecular weight is 266 g/mol. The van der Waals surface area contributed by atoms with E-state index in [2.05, 4.69) is 10.6 Å². The fourth-order valence-corrected chi connectivity index (χ4v) is 1.57. The lowest BCUT2D eigenvalue weighted by Gasteiger charge is -2.14. The maximum atomic E-state index is 11.7. The number of hydrogen-bond acceptors (Lipinski definition) is 3. The molecule has 1 aromatic rings. The first-order chi connectivity index (χ1) is 9.06. The fourth-order valence-electron chi connectivity index (χ4n) is 1.57. The van der Waals surface area contributed by atoms with Crippen LogP contribution in [0.1, 0.15) is 19.8 Å². The van der Waals surface area contributed by atoms with Gasteiger partial charge < -0.3 is 20.5 Å². The number of aliphatic carboxylic acids is 1. The Morgan fingerprint density at radius 3 is 2.74 bits per heavy atom. The van der Waals surface area contributed by atoms with Gasteiger partial charge in [0, 0.05) is 11.8 Å². The number of ether oxygens (including phenoxy) is 1. The van der Waals surface area contributed by atoms with E-state index < -0.39 is 18.0 Å². The molecule has 2 amide bonds. The highest BCUT2D eigenvalue weighted by Gasteiger charge is 2.18. The number of hydrogen-bond donors (Lipinski definition) is 3. The molecular formula is C13H18N2O4. The number of amides is 2. The number of nitrogens with one attached hydrogen (secondary N) is 2. The molecule has 0 aromatic heterocycles. The highest BCUT2D eigenvalue weighted by atomic mass is 16.5. The Kier molecular flexibility index (Phi) is 5.66. The molecule has 19 heavy (non-hydrogen) atoms. The van der Waals surface area contributed by atoms with Crippen LogP contribution in [0.2, 0.25) is 0 Å². The van der Waals surface area contributed by atoms with Gasteiger partial charge in [0.25, 0.3) is 0 Å². The van der Waals surface area contributed by atoms with Crippen molar-refractivity contribution in [1.82, 2.24) is 5.32 Å². The molecule has 0 aliphatic rings. The van der Waals surface area contributed by atoms with E-state index in [1.807, 2.05) is 6.92 Å². The minimum absolute atomic E-state index is 0.390. The molecule has 1 rings (SSSR count). The SMILES string of the molecule is CCCC(NC(=O)Nc1cccc(OC)c1)C(=O)O. The van der Waals surface area contributed by atoms with Crippen LogP contribution < -0.4 is 15.4 Å². The van der Waals surface area contributed by atoms with Gasteiger partial charge in [-0.3, -0.25) is 0 Å². The summed E-state index contributed by atoms with van der Waals surface area (Å²) in [6, 6.07) is 5.40. The van der Waals surface area contributed by atoms with Crippen LogP contribution in [-0.4, -0.2) is 30.3 Å². The van der Waals surface area contributed by atoms with Gasteiger partial charge in [-0.05, 0) is 18.6 Å². The lowest BCUT2D eigenvalue weighted by atomic mass is 10.2. The number of carboxylic acids is 1.